The Kier molecular flexibility index (Phi) is 3.97. The monoisotopic (exact) mass is 315 g/mol. The first-order valence-electron chi connectivity index (χ1n) is 6.78. The minimum absolute atomic E-state index is 0.104. The predicted molar refractivity (Wildman–Crippen MR) is 82.3 cm³/mol. The average Bonchev–Trinajstić information content (AvgIpc) is 2.89. The van der Waals surface area contributed by atoms with E-state index in [-0.39, 0.29) is 12.3 Å². The molecule has 0 radical (unpaired) electrons. The van der Waals surface area contributed by atoms with Gasteiger partial charge in [-0.25, -0.2) is 4.79 Å². The Morgan fingerprint density at radius 1 is 1.32 bits per heavy atom. The number of hydrogen-bond acceptors (Lipinski definition) is 6. The molecule has 22 heavy (non-hydrogen) atoms. The lowest BCUT2D eigenvalue weighted by atomic mass is 10.2. The highest BCUT2D eigenvalue weighted by Gasteiger charge is 2.16. The zero-order valence-electron chi connectivity index (χ0n) is 11.9. The number of nitrogens with zero attached hydrogens (tertiary/aromatic N) is 3. The fraction of sp³-hybridized carbons (Fsp3) is 0.200. The van der Waals surface area contributed by atoms with Crippen LogP contribution in [0.25, 0.3) is 4.96 Å². The highest BCUT2D eigenvalue weighted by molar-refractivity contribution is 7.16. The molecule has 2 heterocycles. The maximum Gasteiger partial charge on any atom is 0.357 e. The summed E-state index contributed by atoms with van der Waals surface area (Å²) in [5.41, 5.74) is 0.729. The molecule has 0 bridgehead atoms. The summed E-state index contributed by atoms with van der Waals surface area (Å²) in [5.74, 6) is -0.575. The van der Waals surface area contributed by atoms with E-state index in [4.69, 9.17) is 4.74 Å². The quantitative estimate of drug-likeness (QED) is 0.688. The van der Waals surface area contributed by atoms with Crippen molar-refractivity contribution < 1.29 is 9.53 Å². The third kappa shape index (κ3) is 2.89. The van der Waals surface area contributed by atoms with Crippen LogP contribution in [0.1, 0.15) is 28.0 Å². The van der Waals surface area contributed by atoms with Gasteiger partial charge in [0.1, 0.15) is 5.01 Å². The molecule has 3 aromatic rings. The molecular weight excluding hydrogens is 302 g/mol. The Morgan fingerprint density at radius 3 is 2.82 bits per heavy atom. The second-order valence-corrected chi connectivity index (χ2v) is 5.59. The van der Waals surface area contributed by atoms with Gasteiger partial charge < -0.3 is 4.74 Å². The molecule has 3 rings (SSSR count). The van der Waals surface area contributed by atoms with Crippen molar-refractivity contribution in [3.63, 3.8) is 0 Å². The van der Waals surface area contributed by atoms with Crippen molar-refractivity contribution in [1.29, 1.82) is 0 Å². The molecule has 2 aromatic heterocycles. The summed E-state index contributed by atoms with van der Waals surface area (Å²) in [4.78, 5) is 27.8. The largest absolute Gasteiger partial charge is 0.461 e. The van der Waals surface area contributed by atoms with E-state index in [9.17, 15) is 9.59 Å². The van der Waals surface area contributed by atoms with Gasteiger partial charge in [-0.15, -0.1) is 0 Å². The first kappa shape index (κ1) is 14.4. The van der Waals surface area contributed by atoms with Crippen LogP contribution in [-0.4, -0.2) is 27.2 Å². The van der Waals surface area contributed by atoms with Crippen LogP contribution in [0.15, 0.2) is 41.2 Å². The highest BCUT2D eigenvalue weighted by Crippen LogP contribution is 2.17. The van der Waals surface area contributed by atoms with Gasteiger partial charge in [-0.1, -0.05) is 41.7 Å². The number of esters is 1. The van der Waals surface area contributed by atoms with Crippen LogP contribution >= 0.6 is 11.3 Å². The Morgan fingerprint density at radius 2 is 2.09 bits per heavy atom. The van der Waals surface area contributed by atoms with Gasteiger partial charge in [0.05, 0.1) is 6.61 Å². The Labute approximate surface area is 130 Å². The van der Waals surface area contributed by atoms with Gasteiger partial charge >= 0.3 is 5.97 Å². The van der Waals surface area contributed by atoms with Crippen molar-refractivity contribution in [2.24, 2.45) is 0 Å². The van der Waals surface area contributed by atoms with Crippen LogP contribution in [0, 0.1) is 0 Å². The standard InChI is InChI=1S/C15H13N3O3S/c1-2-21-14(20)11-9-12(19)16-15-18(11)17-13(22-15)8-10-6-4-3-5-7-10/h3-7,9H,2,8H2,1H3. The third-order valence-corrected chi connectivity index (χ3v) is 3.89. The van der Waals surface area contributed by atoms with Gasteiger partial charge in [-0.3, -0.25) is 4.79 Å². The molecular formula is C15H13N3O3S. The molecule has 0 saturated heterocycles. The van der Waals surface area contributed by atoms with Crippen LogP contribution < -0.4 is 5.56 Å². The Hall–Kier alpha value is -2.54. The molecule has 0 N–H and O–H groups in total. The smallest absolute Gasteiger partial charge is 0.357 e. The van der Waals surface area contributed by atoms with Gasteiger partial charge in [0, 0.05) is 12.5 Å². The number of fused-ring (bicyclic) bond motifs is 1. The Bertz CT molecular complexity index is 871. The van der Waals surface area contributed by atoms with Gasteiger partial charge in [-0.2, -0.15) is 14.6 Å². The summed E-state index contributed by atoms with van der Waals surface area (Å²) in [6.07, 6.45) is 0.616. The molecule has 0 unspecified atom stereocenters. The van der Waals surface area contributed by atoms with E-state index >= 15 is 0 Å². The molecule has 0 amide bonds. The molecule has 0 aliphatic carbocycles. The number of carbonyl (C=O) groups is 1. The number of carbonyl (C=O) groups excluding carboxylic acids is 1. The van der Waals surface area contributed by atoms with Crippen LogP contribution in [0.4, 0.5) is 0 Å². The molecule has 0 aliphatic heterocycles. The first-order valence-corrected chi connectivity index (χ1v) is 7.60. The van der Waals surface area contributed by atoms with E-state index < -0.39 is 11.5 Å². The second kappa shape index (κ2) is 6.07. The fourth-order valence-corrected chi connectivity index (χ4v) is 2.98. The molecule has 0 spiro atoms. The van der Waals surface area contributed by atoms with E-state index in [0.717, 1.165) is 16.6 Å². The van der Waals surface area contributed by atoms with Crippen LogP contribution in [0.2, 0.25) is 0 Å². The van der Waals surface area contributed by atoms with Gasteiger partial charge in [-0.05, 0) is 12.5 Å². The number of ether oxygens (including phenoxy) is 1. The number of rotatable bonds is 4. The number of hydrogen-bond donors (Lipinski definition) is 0. The molecule has 0 aliphatic rings. The van der Waals surface area contributed by atoms with Crippen molar-refractivity contribution in [1.82, 2.24) is 14.6 Å². The SMILES string of the molecule is CCOC(=O)c1cc(=O)nc2sc(Cc3ccccc3)nn12. The maximum absolute atomic E-state index is 11.9. The lowest BCUT2D eigenvalue weighted by Crippen LogP contribution is -2.17. The van der Waals surface area contributed by atoms with E-state index in [1.807, 2.05) is 30.3 Å². The van der Waals surface area contributed by atoms with Crippen LogP contribution in [0.5, 0.6) is 0 Å². The summed E-state index contributed by atoms with van der Waals surface area (Å²) in [7, 11) is 0. The summed E-state index contributed by atoms with van der Waals surface area (Å²) in [6.45, 7) is 1.94. The zero-order chi connectivity index (χ0) is 15.5. The van der Waals surface area contributed by atoms with E-state index in [2.05, 4.69) is 10.1 Å². The minimum atomic E-state index is -0.575. The minimum Gasteiger partial charge on any atom is -0.461 e. The molecule has 112 valence electrons. The van der Waals surface area contributed by atoms with Crippen molar-refractivity contribution in [2.75, 3.05) is 6.61 Å². The third-order valence-electron chi connectivity index (χ3n) is 2.98. The number of benzene rings is 1. The second-order valence-electron chi connectivity index (χ2n) is 4.55. The predicted octanol–water partition coefficient (Wildman–Crippen LogP) is 1.92. The highest BCUT2D eigenvalue weighted by atomic mass is 32.1. The van der Waals surface area contributed by atoms with E-state index in [1.165, 1.54) is 15.9 Å². The maximum atomic E-state index is 11.9. The summed E-state index contributed by atoms with van der Waals surface area (Å²) >= 11 is 1.29. The average molecular weight is 315 g/mol. The number of aromatic nitrogens is 3. The summed E-state index contributed by atoms with van der Waals surface area (Å²) in [5, 5.41) is 5.16. The van der Waals surface area contributed by atoms with Gasteiger partial charge in [0.25, 0.3) is 5.56 Å². The van der Waals surface area contributed by atoms with Crippen molar-refractivity contribution in [2.45, 2.75) is 13.3 Å². The van der Waals surface area contributed by atoms with E-state index in [1.54, 1.807) is 6.92 Å². The Balaban J connectivity index is 2.03. The topological polar surface area (TPSA) is 73.6 Å². The van der Waals surface area contributed by atoms with Gasteiger partial charge in [0.15, 0.2) is 5.69 Å². The van der Waals surface area contributed by atoms with Gasteiger partial charge in [0.2, 0.25) is 4.96 Å². The van der Waals surface area contributed by atoms with Crippen molar-refractivity contribution in [3.8, 4) is 0 Å². The molecule has 6 nitrogen and oxygen atoms in total. The fourth-order valence-electron chi connectivity index (χ4n) is 2.05. The normalized spacial score (nSPS) is 10.8. The van der Waals surface area contributed by atoms with Crippen LogP contribution in [0.3, 0.4) is 0 Å². The van der Waals surface area contributed by atoms with E-state index in [0.29, 0.717) is 11.4 Å². The van der Waals surface area contributed by atoms with Crippen LogP contribution in [-0.2, 0) is 11.2 Å². The first-order chi connectivity index (χ1) is 10.7. The summed E-state index contributed by atoms with van der Waals surface area (Å²) < 4.78 is 6.33. The molecule has 7 heteroatoms. The summed E-state index contributed by atoms with van der Waals surface area (Å²) in [6, 6.07) is 11.0. The lowest BCUT2D eigenvalue weighted by molar-refractivity contribution is 0.0516. The molecule has 0 fully saturated rings. The molecule has 0 atom stereocenters. The lowest BCUT2D eigenvalue weighted by Gasteiger charge is -2.02. The molecule has 1 aromatic carbocycles. The van der Waals surface area contributed by atoms with Crippen molar-refractivity contribution in [3.05, 3.63) is 63.0 Å². The van der Waals surface area contributed by atoms with Crippen molar-refractivity contribution >= 4 is 22.3 Å². The zero-order valence-corrected chi connectivity index (χ0v) is 12.7. The molecule has 0 saturated carbocycles.